The summed E-state index contributed by atoms with van der Waals surface area (Å²) in [6.45, 7) is 3.13. The first-order valence-electron chi connectivity index (χ1n) is 8.04. The second-order valence-electron chi connectivity index (χ2n) is 6.03. The molecule has 1 aromatic carbocycles. The summed E-state index contributed by atoms with van der Waals surface area (Å²) in [7, 11) is 0. The Hall–Kier alpha value is -3.09. The summed E-state index contributed by atoms with van der Waals surface area (Å²) in [6.07, 6.45) is 1.56. The smallest absolute Gasteiger partial charge is 0.260 e. The molecule has 7 nitrogen and oxygen atoms in total. The third-order valence-corrected chi connectivity index (χ3v) is 4.15. The van der Waals surface area contributed by atoms with Crippen molar-refractivity contribution < 1.29 is 18.5 Å². The number of aryl methyl sites for hydroxylation is 1. The van der Waals surface area contributed by atoms with Gasteiger partial charge in [0, 0.05) is 13.1 Å². The first-order chi connectivity index (χ1) is 12.2. The minimum atomic E-state index is -0.0531. The number of amides is 1. The highest BCUT2D eigenvalue weighted by atomic mass is 16.5. The third kappa shape index (κ3) is 3.26. The van der Waals surface area contributed by atoms with Crippen LogP contribution in [0, 0.1) is 6.92 Å². The van der Waals surface area contributed by atoms with E-state index in [1.54, 1.807) is 23.3 Å². The van der Waals surface area contributed by atoms with Crippen molar-refractivity contribution in [2.24, 2.45) is 0 Å². The Morgan fingerprint density at radius 3 is 2.80 bits per heavy atom. The number of hydrogen-bond acceptors (Lipinski definition) is 6. The van der Waals surface area contributed by atoms with Gasteiger partial charge in [-0.05, 0) is 31.2 Å². The van der Waals surface area contributed by atoms with Crippen LogP contribution in [0.15, 0.2) is 51.6 Å². The van der Waals surface area contributed by atoms with Gasteiger partial charge in [0.15, 0.2) is 12.4 Å². The lowest BCUT2D eigenvalue weighted by molar-refractivity contribution is -0.138. The largest absolute Gasteiger partial charge is 0.484 e. The van der Waals surface area contributed by atoms with E-state index in [9.17, 15) is 4.79 Å². The Labute approximate surface area is 144 Å². The highest BCUT2D eigenvalue weighted by Gasteiger charge is 2.35. The second kappa shape index (κ2) is 6.43. The Morgan fingerprint density at radius 1 is 1.28 bits per heavy atom. The monoisotopic (exact) mass is 339 g/mol. The molecule has 1 aliphatic rings. The fourth-order valence-electron chi connectivity index (χ4n) is 2.62. The molecule has 1 fully saturated rings. The van der Waals surface area contributed by atoms with E-state index in [2.05, 4.69) is 10.1 Å². The number of ether oxygens (including phenoxy) is 1. The number of likely N-dealkylation sites (tertiary alicyclic amines) is 1. The molecule has 0 atom stereocenters. The molecule has 0 aliphatic carbocycles. The van der Waals surface area contributed by atoms with Gasteiger partial charge >= 0.3 is 0 Å². The van der Waals surface area contributed by atoms with E-state index in [0.29, 0.717) is 36.3 Å². The molecule has 1 saturated heterocycles. The van der Waals surface area contributed by atoms with Crippen LogP contribution in [0.25, 0.3) is 11.6 Å². The van der Waals surface area contributed by atoms with Gasteiger partial charge < -0.3 is 18.6 Å². The van der Waals surface area contributed by atoms with Gasteiger partial charge in [0.2, 0.25) is 11.7 Å². The first-order valence-corrected chi connectivity index (χ1v) is 8.04. The molecule has 0 spiro atoms. The Bertz CT molecular complexity index is 849. The second-order valence-corrected chi connectivity index (χ2v) is 6.03. The summed E-state index contributed by atoms with van der Waals surface area (Å²) in [5.41, 5.74) is 1.15. The summed E-state index contributed by atoms with van der Waals surface area (Å²) in [6, 6.07) is 11.2. The van der Waals surface area contributed by atoms with Crippen LogP contribution in [0.3, 0.4) is 0 Å². The zero-order chi connectivity index (χ0) is 17.2. The van der Waals surface area contributed by atoms with E-state index in [1.165, 1.54) is 0 Å². The zero-order valence-electron chi connectivity index (χ0n) is 13.7. The highest BCUT2D eigenvalue weighted by molar-refractivity contribution is 5.78. The molecule has 0 bridgehead atoms. The molecule has 7 heteroatoms. The minimum absolute atomic E-state index is 0.0251. The van der Waals surface area contributed by atoms with Crippen LogP contribution in [0.5, 0.6) is 5.75 Å². The van der Waals surface area contributed by atoms with Crippen LogP contribution in [-0.4, -0.2) is 40.6 Å². The van der Waals surface area contributed by atoms with Crippen molar-refractivity contribution in [2.45, 2.75) is 12.8 Å². The maximum atomic E-state index is 12.2. The molecule has 3 aromatic rings. The van der Waals surface area contributed by atoms with Gasteiger partial charge in [-0.2, -0.15) is 4.98 Å². The van der Waals surface area contributed by atoms with Gasteiger partial charge in [-0.1, -0.05) is 22.9 Å². The van der Waals surface area contributed by atoms with Gasteiger partial charge in [0.05, 0.1) is 12.2 Å². The summed E-state index contributed by atoms with van der Waals surface area (Å²) in [4.78, 5) is 18.2. The lowest BCUT2D eigenvalue weighted by atomic mass is 10.0. The van der Waals surface area contributed by atoms with Crippen LogP contribution < -0.4 is 4.74 Å². The fraction of sp³-hybridized carbons (Fsp3) is 0.278. The molecule has 0 saturated carbocycles. The number of hydrogen-bond donors (Lipinski definition) is 0. The normalized spacial score (nSPS) is 14.4. The number of rotatable bonds is 5. The standard InChI is InChI=1S/C18H17N3O4/c1-12-4-6-14(7-5-12)24-11-16(22)21-9-13(10-21)18-19-17(20-25-18)15-3-2-8-23-15/h2-8,13H,9-11H2,1H3. The van der Waals surface area contributed by atoms with Crippen LogP contribution in [0.2, 0.25) is 0 Å². The van der Waals surface area contributed by atoms with E-state index in [4.69, 9.17) is 13.7 Å². The van der Waals surface area contributed by atoms with E-state index in [1.807, 2.05) is 31.2 Å². The van der Waals surface area contributed by atoms with E-state index in [-0.39, 0.29) is 18.4 Å². The maximum absolute atomic E-state index is 12.2. The molecule has 2 aromatic heterocycles. The van der Waals surface area contributed by atoms with Gasteiger partial charge in [-0.15, -0.1) is 0 Å². The maximum Gasteiger partial charge on any atom is 0.260 e. The van der Waals surface area contributed by atoms with Gasteiger partial charge in [-0.25, -0.2) is 0 Å². The molecule has 128 valence electrons. The molecular formula is C18H17N3O4. The minimum Gasteiger partial charge on any atom is -0.484 e. The van der Waals surface area contributed by atoms with Crippen LogP contribution in [0.1, 0.15) is 17.4 Å². The predicted molar refractivity (Wildman–Crippen MR) is 88.0 cm³/mol. The Balaban J connectivity index is 1.28. The molecule has 1 aliphatic heterocycles. The van der Waals surface area contributed by atoms with Gasteiger partial charge in [0.1, 0.15) is 5.75 Å². The van der Waals surface area contributed by atoms with Crippen LogP contribution in [0.4, 0.5) is 0 Å². The van der Waals surface area contributed by atoms with Gasteiger partial charge in [0.25, 0.3) is 5.91 Å². The lowest BCUT2D eigenvalue weighted by Gasteiger charge is -2.36. The van der Waals surface area contributed by atoms with Crippen molar-refractivity contribution in [2.75, 3.05) is 19.7 Å². The topological polar surface area (TPSA) is 81.6 Å². The first kappa shape index (κ1) is 15.4. The molecule has 25 heavy (non-hydrogen) atoms. The van der Waals surface area contributed by atoms with E-state index in [0.717, 1.165) is 5.56 Å². The van der Waals surface area contributed by atoms with Crippen molar-refractivity contribution in [3.8, 4) is 17.3 Å². The molecule has 0 unspecified atom stereocenters. The number of nitrogens with zero attached hydrogens (tertiary/aromatic N) is 3. The number of furan rings is 1. The Kier molecular flexibility index (Phi) is 3.97. The number of carbonyl (C=O) groups is 1. The average molecular weight is 339 g/mol. The highest BCUT2D eigenvalue weighted by Crippen LogP contribution is 2.27. The van der Waals surface area contributed by atoms with Crippen molar-refractivity contribution in [3.63, 3.8) is 0 Å². The molecule has 0 radical (unpaired) electrons. The van der Waals surface area contributed by atoms with E-state index >= 15 is 0 Å². The fourth-order valence-corrected chi connectivity index (χ4v) is 2.62. The van der Waals surface area contributed by atoms with Crippen molar-refractivity contribution in [3.05, 3.63) is 54.1 Å². The number of aromatic nitrogens is 2. The number of benzene rings is 1. The predicted octanol–water partition coefficient (Wildman–Crippen LogP) is 2.64. The SMILES string of the molecule is Cc1ccc(OCC(=O)N2CC(c3nc(-c4ccco4)no3)C2)cc1. The van der Waals surface area contributed by atoms with Crippen LogP contribution in [-0.2, 0) is 4.79 Å². The molecule has 1 amide bonds. The molecule has 3 heterocycles. The summed E-state index contributed by atoms with van der Waals surface area (Å²) < 4.78 is 16.0. The number of carbonyl (C=O) groups excluding carboxylic acids is 1. The van der Waals surface area contributed by atoms with Crippen LogP contribution >= 0.6 is 0 Å². The zero-order valence-corrected chi connectivity index (χ0v) is 13.7. The van der Waals surface area contributed by atoms with Crippen molar-refractivity contribution >= 4 is 5.91 Å². The van der Waals surface area contributed by atoms with E-state index < -0.39 is 0 Å². The van der Waals surface area contributed by atoms with Gasteiger partial charge in [-0.3, -0.25) is 4.79 Å². The molecule has 4 rings (SSSR count). The quantitative estimate of drug-likeness (QED) is 0.711. The molecular weight excluding hydrogens is 322 g/mol. The van der Waals surface area contributed by atoms with Crippen molar-refractivity contribution in [1.82, 2.24) is 15.0 Å². The summed E-state index contributed by atoms with van der Waals surface area (Å²) in [5, 5.41) is 3.91. The summed E-state index contributed by atoms with van der Waals surface area (Å²) >= 11 is 0. The van der Waals surface area contributed by atoms with Crippen molar-refractivity contribution in [1.29, 1.82) is 0 Å². The summed E-state index contributed by atoms with van der Waals surface area (Å²) in [5.74, 6) is 2.20. The lowest BCUT2D eigenvalue weighted by Crippen LogP contribution is -2.50. The molecule has 0 N–H and O–H groups in total. The third-order valence-electron chi connectivity index (χ3n) is 4.15. The average Bonchev–Trinajstić information content (AvgIpc) is 3.24. The Morgan fingerprint density at radius 2 is 2.08 bits per heavy atom.